The Morgan fingerprint density at radius 2 is 2.20 bits per heavy atom. The highest BCUT2D eigenvalue weighted by Crippen LogP contribution is 2.21. The minimum Gasteiger partial charge on any atom is -0.621 e. The largest absolute Gasteiger partial charge is 0.621 e. The van der Waals surface area contributed by atoms with Gasteiger partial charge in [-0.05, 0) is 12.2 Å². The fourth-order valence-electron chi connectivity index (χ4n) is 1.15. The topological polar surface area (TPSA) is 35.1 Å². The molecule has 2 unspecified atom stereocenters. The molecule has 0 fully saturated rings. The van der Waals surface area contributed by atoms with Crippen LogP contribution in [0.5, 0.6) is 0 Å². The summed E-state index contributed by atoms with van der Waals surface area (Å²) in [6, 6.07) is 0. The number of fused-ring (bicyclic) bond motifs is 1. The third-order valence-electron chi connectivity index (χ3n) is 1.73. The zero-order valence-electron chi connectivity index (χ0n) is 5.40. The van der Waals surface area contributed by atoms with Crippen LogP contribution < -0.4 is 5.32 Å². The molecule has 2 heterocycles. The van der Waals surface area contributed by atoms with Crippen LogP contribution in [0.1, 0.15) is 0 Å². The number of nitrogens with one attached hydrogen (secondary N) is 1. The molecule has 0 aromatic carbocycles. The molecule has 0 saturated carbocycles. The number of hydrogen-bond donors (Lipinski definition) is 1. The highest BCUT2D eigenvalue weighted by Gasteiger charge is 2.27. The second-order valence-electron chi connectivity index (χ2n) is 2.42. The van der Waals surface area contributed by atoms with Crippen molar-refractivity contribution in [2.45, 2.75) is 6.17 Å². The van der Waals surface area contributed by atoms with E-state index in [1.807, 2.05) is 12.2 Å². The highest BCUT2D eigenvalue weighted by atomic mass is 16.5. The van der Waals surface area contributed by atoms with Gasteiger partial charge in [0.1, 0.15) is 12.4 Å². The van der Waals surface area contributed by atoms with Gasteiger partial charge in [-0.2, -0.15) is 0 Å². The van der Waals surface area contributed by atoms with Gasteiger partial charge in [0, 0.05) is 0 Å². The first-order chi connectivity index (χ1) is 4.81. The van der Waals surface area contributed by atoms with E-state index in [1.165, 1.54) is 0 Å². The van der Waals surface area contributed by atoms with E-state index >= 15 is 0 Å². The van der Waals surface area contributed by atoms with E-state index in [2.05, 4.69) is 5.32 Å². The first-order valence-corrected chi connectivity index (χ1v) is 3.20. The summed E-state index contributed by atoms with van der Waals surface area (Å²) in [4.78, 5) is 0. The van der Waals surface area contributed by atoms with Gasteiger partial charge in [-0.1, -0.05) is 6.08 Å². The monoisotopic (exact) mass is 136 g/mol. The van der Waals surface area contributed by atoms with E-state index in [9.17, 15) is 5.21 Å². The lowest BCUT2D eigenvalue weighted by molar-refractivity contribution is -0.792. The zero-order valence-corrected chi connectivity index (χ0v) is 5.40. The standard InChI is InChI=1S/C7H8N2O/c10-9-5-2-1-3-7(9)8-4-6-9/h1-8H. The second-order valence-corrected chi connectivity index (χ2v) is 2.42. The fourth-order valence-corrected chi connectivity index (χ4v) is 1.15. The molecule has 0 aliphatic carbocycles. The van der Waals surface area contributed by atoms with Crippen LogP contribution in [0.2, 0.25) is 0 Å². The van der Waals surface area contributed by atoms with Gasteiger partial charge in [0.05, 0.1) is 6.20 Å². The van der Waals surface area contributed by atoms with Crippen molar-refractivity contribution < 1.29 is 4.65 Å². The molecule has 2 rings (SSSR count). The van der Waals surface area contributed by atoms with Crippen LogP contribution >= 0.6 is 0 Å². The molecule has 2 aliphatic heterocycles. The number of nitrogens with zero attached hydrogens (tertiary/aromatic N) is 1. The molecule has 2 atom stereocenters. The summed E-state index contributed by atoms with van der Waals surface area (Å²) in [5.74, 6) is 0. The van der Waals surface area contributed by atoms with Gasteiger partial charge in [-0.3, -0.25) is 4.65 Å². The third-order valence-corrected chi connectivity index (χ3v) is 1.73. The molecule has 2 aliphatic rings. The Bertz CT molecular complexity index is 232. The molecule has 0 amide bonds. The summed E-state index contributed by atoms with van der Waals surface area (Å²) < 4.78 is -0.392. The van der Waals surface area contributed by atoms with Crippen LogP contribution in [0.15, 0.2) is 36.8 Å². The van der Waals surface area contributed by atoms with Gasteiger partial charge in [-0.25, -0.2) is 0 Å². The zero-order chi connectivity index (χ0) is 7.03. The first-order valence-electron chi connectivity index (χ1n) is 3.20. The Balaban J connectivity index is 2.37. The van der Waals surface area contributed by atoms with Gasteiger partial charge in [-0.15, -0.1) is 0 Å². The van der Waals surface area contributed by atoms with Gasteiger partial charge < -0.3 is 10.5 Å². The quantitative estimate of drug-likeness (QED) is 0.394. The summed E-state index contributed by atoms with van der Waals surface area (Å²) in [5.41, 5.74) is 0. The van der Waals surface area contributed by atoms with Crippen molar-refractivity contribution >= 4 is 0 Å². The lowest BCUT2D eigenvalue weighted by atomic mass is 10.3. The summed E-state index contributed by atoms with van der Waals surface area (Å²) in [5, 5.41) is 14.5. The van der Waals surface area contributed by atoms with Crippen molar-refractivity contribution in [1.29, 1.82) is 0 Å². The lowest BCUT2D eigenvalue weighted by Crippen LogP contribution is -2.43. The first kappa shape index (κ1) is 5.70. The van der Waals surface area contributed by atoms with Gasteiger partial charge >= 0.3 is 0 Å². The van der Waals surface area contributed by atoms with Crippen molar-refractivity contribution in [3.63, 3.8) is 0 Å². The maximum Gasteiger partial charge on any atom is 0.190 e. The molecular weight excluding hydrogens is 128 g/mol. The third kappa shape index (κ3) is 0.616. The molecule has 10 heavy (non-hydrogen) atoms. The molecule has 0 radical (unpaired) electrons. The Morgan fingerprint density at radius 3 is 3.00 bits per heavy atom. The summed E-state index contributed by atoms with van der Waals surface area (Å²) in [6.45, 7) is 0. The van der Waals surface area contributed by atoms with E-state index in [0.29, 0.717) is 0 Å². The maximum absolute atomic E-state index is 11.5. The second kappa shape index (κ2) is 1.71. The molecular formula is C7H8N2O. The molecule has 3 nitrogen and oxygen atoms in total. The van der Waals surface area contributed by atoms with Crippen molar-refractivity contribution in [1.82, 2.24) is 5.32 Å². The molecule has 0 aromatic rings. The summed E-state index contributed by atoms with van der Waals surface area (Å²) in [7, 11) is 0. The average molecular weight is 136 g/mol. The van der Waals surface area contributed by atoms with Gasteiger partial charge in [0.25, 0.3) is 0 Å². The fraction of sp³-hybridized carbons (Fsp3) is 0.143. The van der Waals surface area contributed by atoms with Crippen molar-refractivity contribution in [3.8, 4) is 0 Å². The summed E-state index contributed by atoms with van der Waals surface area (Å²) in [6.07, 6.45) is 10.3. The van der Waals surface area contributed by atoms with E-state index in [0.717, 1.165) is 0 Å². The number of rotatable bonds is 0. The summed E-state index contributed by atoms with van der Waals surface area (Å²) >= 11 is 0. The van der Waals surface area contributed by atoms with Crippen LogP contribution in [-0.2, 0) is 0 Å². The maximum atomic E-state index is 11.5. The molecule has 0 saturated heterocycles. The number of quaternary nitrogens is 1. The molecule has 3 heteroatoms. The van der Waals surface area contributed by atoms with E-state index in [4.69, 9.17) is 0 Å². The normalized spacial score (nSPS) is 41.5. The minimum atomic E-state index is -0.392. The highest BCUT2D eigenvalue weighted by molar-refractivity contribution is 5.11. The van der Waals surface area contributed by atoms with Crippen LogP contribution in [-0.4, -0.2) is 10.8 Å². The van der Waals surface area contributed by atoms with Crippen molar-refractivity contribution in [2.24, 2.45) is 0 Å². The van der Waals surface area contributed by atoms with E-state index in [-0.39, 0.29) is 6.17 Å². The number of hydrogen-bond acceptors (Lipinski definition) is 2. The smallest absolute Gasteiger partial charge is 0.190 e. The molecule has 52 valence electrons. The van der Waals surface area contributed by atoms with Crippen LogP contribution in [0.25, 0.3) is 0 Å². The SMILES string of the molecule is [O-][N+]12C=CC=CC1NC=C2. The predicted octanol–water partition coefficient (Wildman–Crippen LogP) is 0.785. The Hall–Kier alpha value is -1.06. The molecule has 0 aromatic heterocycles. The average Bonchev–Trinajstić information content (AvgIpc) is 2.29. The van der Waals surface area contributed by atoms with Crippen molar-refractivity contribution in [3.05, 3.63) is 42.0 Å². The molecule has 1 N–H and O–H groups in total. The Morgan fingerprint density at radius 1 is 1.30 bits per heavy atom. The Labute approximate surface area is 59.1 Å². The minimum absolute atomic E-state index is 0.134. The van der Waals surface area contributed by atoms with E-state index < -0.39 is 4.65 Å². The molecule has 0 bridgehead atoms. The molecule has 0 spiro atoms. The van der Waals surface area contributed by atoms with Crippen LogP contribution in [0.4, 0.5) is 0 Å². The number of hydroxylamine groups is 3. The van der Waals surface area contributed by atoms with Gasteiger partial charge in [0.15, 0.2) is 6.17 Å². The van der Waals surface area contributed by atoms with Crippen molar-refractivity contribution in [2.75, 3.05) is 0 Å². The van der Waals surface area contributed by atoms with Gasteiger partial charge in [0.2, 0.25) is 0 Å². The number of allylic oxidation sites excluding steroid dienone is 2. The Kier molecular flexibility index (Phi) is 0.977. The lowest BCUT2D eigenvalue weighted by Gasteiger charge is -2.37. The van der Waals surface area contributed by atoms with E-state index in [1.54, 1.807) is 24.7 Å². The predicted molar refractivity (Wildman–Crippen MR) is 38.0 cm³/mol. The van der Waals surface area contributed by atoms with Crippen LogP contribution in [0, 0.1) is 5.21 Å². The van der Waals surface area contributed by atoms with Crippen LogP contribution in [0.3, 0.4) is 0 Å².